The van der Waals surface area contributed by atoms with Gasteiger partial charge in [0.1, 0.15) is 49.4 Å². The van der Waals surface area contributed by atoms with Crippen molar-refractivity contribution in [1.82, 2.24) is 0 Å². The van der Waals surface area contributed by atoms with Gasteiger partial charge in [0.25, 0.3) is 0 Å². The fourth-order valence-electron chi connectivity index (χ4n) is 9.54. The van der Waals surface area contributed by atoms with Gasteiger partial charge in [-0.3, -0.25) is 0 Å². The minimum Gasteiger partial charge on any atom is -0.489 e. The fourth-order valence-corrected chi connectivity index (χ4v) is 9.54. The van der Waals surface area contributed by atoms with E-state index >= 15 is 0 Å². The number of ether oxygens (including phenoxy) is 20. The van der Waals surface area contributed by atoms with Crippen LogP contribution in [-0.2, 0) is 155 Å². The SMILES string of the molecule is C=CCOc1c2cc3cc1COCCOCCOCCOCc1cc(cc(c1OCC=C)COCCOCCOCCOC2)COc1c2cc(CO)cc1COCCOCCOCCOCc1cc(CO)cc(c1OC3)COCCOCCOCCOC2. The van der Waals surface area contributed by atoms with E-state index in [1.54, 1.807) is 12.2 Å². The average molecular weight is 1240 g/mol. The van der Waals surface area contributed by atoms with Crippen LogP contribution in [0.15, 0.2) is 73.8 Å². The molecule has 0 aromatic heterocycles. The number of benzene rings is 4. The normalized spacial score (nSPS) is 19.0. The van der Waals surface area contributed by atoms with Gasteiger partial charge in [-0.05, 0) is 70.8 Å². The monoisotopic (exact) mass is 1240 g/mol. The molecule has 6 aliphatic heterocycles. The Balaban J connectivity index is 1.22. The Morgan fingerprint density at radius 1 is 0.284 bits per heavy atom. The highest BCUT2D eigenvalue weighted by Gasteiger charge is 2.21. The molecule has 0 spiro atoms. The molecule has 0 amide bonds. The standard InChI is InChI=1S/C66H92O22/c1-3-5-85-63-59-35-53-36-60(63)48-82-28-20-74-12-14-76-22-30-84-50-62-38-54(37-61(64(62)86-6-4-2)49-83-29-21-75-13-11-73-19-27-81-47-59)42-88-66-57-33-52(40-68)34-58(66)46-80-26-18-72-10-8-70-16-24-78-44-56-32-51(39-67)31-55(65(56)87-41-53)43-77-23-15-69-7-9-71-17-25-79-45-57/h3-4,31-38,67-68H,1-2,5-30,39-50H2. The van der Waals surface area contributed by atoms with Crippen molar-refractivity contribution in [1.29, 1.82) is 0 Å². The molecule has 4 aromatic rings. The number of aliphatic hydroxyl groups excluding tert-OH is 2. The molecule has 10 rings (SSSR count). The maximum absolute atomic E-state index is 10.5. The van der Waals surface area contributed by atoms with Crippen LogP contribution in [0.3, 0.4) is 0 Å². The molecule has 22 nitrogen and oxygen atoms in total. The minimum atomic E-state index is -0.207. The van der Waals surface area contributed by atoms with Crippen LogP contribution in [0, 0.1) is 0 Å². The molecular formula is C66H92O22. The lowest BCUT2D eigenvalue weighted by Gasteiger charge is -2.21. The summed E-state index contributed by atoms with van der Waals surface area (Å²) >= 11 is 0. The van der Waals surface area contributed by atoms with Gasteiger partial charge in [0.15, 0.2) is 0 Å². The third kappa shape index (κ3) is 26.0. The van der Waals surface area contributed by atoms with Crippen molar-refractivity contribution in [3.05, 3.63) is 141 Å². The van der Waals surface area contributed by atoms with E-state index in [9.17, 15) is 10.2 Å². The first-order valence-corrected chi connectivity index (χ1v) is 30.3. The predicted octanol–water partition coefficient (Wildman–Crippen LogP) is 6.97. The predicted molar refractivity (Wildman–Crippen MR) is 321 cm³/mol. The van der Waals surface area contributed by atoms with E-state index in [2.05, 4.69) is 13.2 Å². The van der Waals surface area contributed by atoms with Gasteiger partial charge in [-0.2, -0.15) is 0 Å². The van der Waals surface area contributed by atoms with E-state index < -0.39 is 0 Å². The largest absolute Gasteiger partial charge is 0.489 e. The number of aliphatic hydroxyl groups is 2. The van der Waals surface area contributed by atoms with Gasteiger partial charge >= 0.3 is 0 Å². The molecule has 0 saturated carbocycles. The Morgan fingerprint density at radius 2 is 0.489 bits per heavy atom. The van der Waals surface area contributed by atoms with Crippen LogP contribution in [0.4, 0.5) is 0 Å². The highest BCUT2D eigenvalue weighted by Crippen LogP contribution is 2.35. The summed E-state index contributed by atoms with van der Waals surface area (Å²) < 4.78 is 123. The van der Waals surface area contributed by atoms with Gasteiger partial charge in [0, 0.05) is 44.5 Å². The molecule has 6 heterocycles. The van der Waals surface area contributed by atoms with Crippen LogP contribution in [0.25, 0.3) is 0 Å². The first kappa shape index (κ1) is 70.3. The van der Waals surface area contributed by atoms with Crippen LogP contribution >= 0.6 is 0 Å². The van der Waals surface area contributed by atoms with E-state index in [-0.39, 0.29) is 119 Å². The van der Waals surface area contributed by atoms with Crippen molar-refractivity contribution in [3.63, 3.8) is 0 Å². The van der Waals surface area contributed by atoms with Gasteiger partial charge in [-0.25, -0.2) is 0 Å². The van der Waals surface area contributed by atoms with Gasteiger partial charge in [0.2, 0.25) is 0 Å². The lowest BCUT2D eigenvalue weighted by molar-refractivity contribution is -0.00810. The summed E-state index contributed by atoms with van der Waals surface area (Å²) in [5.41, 5.74) is 9.01. The van der Waals surface area contributed by atoms with Gasteiger partial charge in [-0.15, -0.1) is 0 Å². The lowest BCUT2D eigenvalue weighted by Crippen LogP contribution is -2.14. The molecular weight excluding hydrogens is 1140 g/mol. The maximum atomic E-state index is 10.5. The van der Waals surface area contributed by atoms with Crippen molar-refractivity contribution >= 4 is 0 Å². The summed E-state index contributed by atoms with van der Waals surface area (Å²) in [5.74, 6) is 2.36. The zero-order valence-corrected chi connectivity index (χ0v) is 51.1. The quantitative estimate of drug-likeness (QED) is 0.170. The Morgan fingerprint density at radius 3 is 0.693 bits per heavy atom. The van der Waals surface area contributed by atoms with E-state index in [1.807, 2.05) is 48.5 Å². The Labute approximate surface area is 517 Å². The van der Waals surface area contributed by atoms with E-state index in [0.29, 0.717) is 166 Å². The van der Waals surface area contributed by atoms with Crippen LogP contribution < -0.4 is 18.9 Å². The van der Waals surface area contributed by atoms with Crippen LogP contribution in [0.2, 0.25) is 0 Å². The summed E-state index contributed by atoms with van der Waals surface area (Å²) in [4.78, 5) is 0. The first-order chi connectivity index (χ1) is 43.6. The lowest BCUT2D eigenvalue weighted by atomic mass is 10.0. The summed E-state index contributed by atoms with van der Waals surface area (Å²) in [5, 5.41) is 20.9. The topological polar surface area (TPSA) is 225 Å². The Bertz CT molecular complexity index is 2280. The molecule has 22 heteroatoms. The smallest absolute Gasteiger partial charge is 0.130 e. The first-order valence-electron chi connectivity index (χ1n) is 30.3. The minimum absolute atomic E-state index is 0.135. The summed E-state index contributed by atoms with van der Waals surface area (Å²) in [7, 11) is 0. The molecule has 0 atom stereocenters. The van der Waals surface area contributed by atoms with Crippen molar-refractivity contribution in [3.8, 4) is 23.0 Å². The molecule has 0 unspecified atom stereocenters. The molecule has 488 valence electrons. The fraction of sp³-hybridized carbons (Fsp3) is 0.576. The van der Waals surface area contributed by atoms with E-state index in [0.717, 1.165) is 55.6 Å². The molecule has 88 heavy (non-hydrogen) atoms. The summed E-state index contributed by atoms with van der Waals surface area (Å²) in [6, 6.07) is 15.5. The highest BCUT2D eigenvalue weighted by atomic mass is 16.6. The third-order valence-electron chi connectivity index (χ3n) is 13.6. The molecule has 0 saturated heterocycles. The molecule has 0 fully saturated rings. The Hall–Kier alpha value is -5.16. The average Bonchev–Trinajstić information content (AvgIpc) is 3.57. The molecule has 12 bridgehead atoms. The van der Waals surface area contributed by atoms with Crippen LogP contribution in [0.1, 0.15) is 66.8 Å². The summed E-state index contributed by atoms with van der Waals surface area (Å²) in [6.07, 6.45) is 3.38. The second-order valence-corrected chi connectivity index (χ2v) is 20.4. The third-order valence-corrected chi connectivity index (χ3v) is 13.6. The van der Waals surface area contributed by atoms with E-state index in [4.69, 9.17) is 94.7 Å². The molecule has 4 aromatic carbocycles. The van der Waals surface area contributed by atoms with Gasteiger partial charge < -0.3 is 105 Å². The second kappa shape index (κ2) is 43.5. The molecule has 0 radical (unpaired) electrons. The molecule has 6 aliphatic rings. The second-order valence-electron chi connectivity index (χ2n) is 20.4. The van der Waals surface area contributed by atoms with Crippen LogP contribution in [0.5, 0.6) is 23.0 Å². The van der Waals surface area contributed by atoms with Crippen LogP contribution in [-0.4, -0.2) is 182 Å². The molecule has 0 aliphatic carbocycles. The van der Waals surface area contributed by atoms with Crippen molar-refractivity contribution in [2.75, 3.05) is 172 Å². The van der Waals surface area contributed by atoms with Crippen molar-refractivity contribution in [2.45, 2.75) is 79.3 Å². The summed E-state index contributed by atoms with van der Waals surface area (Å²) in [6.45, 7) is 17.2. The highest BCUT2D eigenvalue weighted by molar-refractivity contribution is 5.48. The van der Waals surface area contributed by atoms with Crippen molar-refractivity contribution in [2.24, 2.45) is 0 Å². The zero-order chi connectivity index (χ0) is 61.3. The van der Waals surface area contributed by atoms with Gasteiger partial charge in [0.05, 0.1) is 225 Å². The molecule has 2 N–H and O–H groups in total. The van der Waals surface area contributed by atoms with Gasteiger partial charge in [-0.1, -0.05) is 25.3 Å². The van der Waals surface area contributed by atoms with E-state index in [1.165, 1.54) is 0 Å². The zero-order valence-electron chi connectivity index (χ0n) is 51.1. The Kier molecular flexibility index (Phi) is 34.8. The number of rotatable bonds is 8. The van der Waals surface area contributed by atoms with Crippen molar-refractivity contribution < 1.29 is 105 Å². The number of hydrogen-bond acceptors (Lipinski definition) is 22. The number of hydrogen-bond donors (Lipinski definition) is 2. The maximum Gasteiger partial charge on any atom is 0.130 e.